The highest BCUT2D eigenvalue weighted by Gasteiger charge is 2.35. The monoisotopic (exact) mass is 428 g/mol. The van der Waals surface area contributed by atoms with E-state index in [2.05, 4.69) is 9.50 Å². The molecule has 0 unspecified atom stereocenters. The van der Waals surface area contributed by atoms with Crippen LogP contribution >= 0.6 is 11.3 Å². The standard InChI is InChI=1S/C15H20N6O5S2/c1-2-7-19-8-9-27-14(19)18-28(24,25)17-12(22)21-15(23)20(10-3-4-10)13(16-21)26-11-5-6-11/h8-11H,2-7H2,1H3,(H,17,22)/b18-14+. The third kappa shape index (κ3) is 4.04. The van der Waals surface area contributed by atoms with Crippen molar-refractivity contribution in [2.45, 2.75) is 57.7 Å². The molecule has 2 aliphatic carbocycles. The first-order chi connectivity index (χ1) is 13.4. The topological polar surface area (TPSA) is 130 Å². The fourth-order valence-corrected chi connectivity index (χ4v) is 4.36. The third-order valence-electron chi connectivity index (χ3n) is 4.22. The minimum atomic E-state index is -4.36. The summed E-state index contributed by atoms with van der Waals surface area (Å²) in [5.74, 6) is 0. The summed E-state index contributed by atoms with van der Waals surface area (Å²) in [7, 11) is -4.36. The van der Waals surface area contributed by atoms with Crippen LogP contribution in [0.25, 0.3) is 0 Å². The van der Waals surface area contributed by atoms with Crippen molar-refractivity contribution in [2.75, 3.05) is 0 Å². The predicted octanol–water partition coefficient (Wildman–Crippen LogP) is 0.597. The maximum absolute atomic E-state index is 12.6. The van der Waals surface area contributed by atoms with Crippen LogP contribution in [0.2, 0.25) is 0 Å². The van der Waals surface area contributed by atoms with Gasteiger partial charge in [-0.15, -0.1) is 25.5 Å². The van der Waals surface area contributed by atoms with E-state index in [1.54, 1.807) is 20.9 Å². The van der Waals surface area contributed by atoms with Gasteiger partial charge in [0, 0.05) is 24.2 Å². The van der Waals surface area contributed by atoms with Gasteiger partial charge in [-0.3, -0.25) is 0 Å². The van der Waals surface area contributed by atoms with E-state index in [0.717, 1.165) is 43.4 Å². The minimum Gasteiger partial charge on any atom is -0.460 e. The van der Waals surface area contributed by atoms with Gasteiger partial charge in [0.1, 0.15) is 6.10 Å². The number of ether oxygens (including phenoxy) is 1. The molecule has 2 aromatic heterocycles. The first kappa shape index (κ1) is 18.9. The van der Waals surface area contributed by atoms with E-state index in [1.165, 1.54) is 4.57 Å². The first-order valence-electron chi connectivity index (χ1n) is 9.03. The van der Waals surface area contributed by atoms with Gasteiger partial charge >= 0.3 is 27.9 Å². The Labute approximate surface area is 164 Å². The van der Waals surface area contributed by atoms with Crippen molar-refractivity contribution < 1.29 is 17.9 Å². The summed E-state index contributed by atoms with van der Waals surface area (Å²) in [6, 6.07) is -1.20. The molecule has 4 rings (SSSR count). The molecule has 0 bridgehead atoms. The van der Waals surface area contributed by atoms with Gasteiger partial charge in [0.2, 0.25) is 4.80 Å². The molecule has 2 heterocycles. The van der Waals surface area contributed by atoms with E-state index in [1.807, 2.05) is 6.92 Å². The number of aryl methyl sites for hydroxylation is 1. The number of aromatic nitrogens is 4. The van der Waals surface area contributed by atoms with Gasteiger partial charge < -0.3 is 9.30 Å². The van der Waals surface area contributed by atoms with Gasteiger partial charge in [0.25, 0.3) is 0 Å². The number of carbonyl (C=O) groups is 1. The Balaban J connectivity index is 1.59. The quantitative estimate of drug-likeness (QED) is 0.687. The fraction of sp³-hybridized carbons (Fsp3) is 0.600. The summed E-state index contributed by atoms with van der Waals surface area (Å²) in [6.45, 7) is 2.55. The van der Waals surface area contributed by atoms with E-state index >= 15 is 0 Å². The van der Waals surface area contributed by atoms with Gasteiger partial charge in [-0.2, -0.15) is 8.42 Å². The lowest BCUT2D eigenvalue weighted by atomic mass is 10.5. The number of hydrogen-bond donors (Lipinski definition) is 1. The molecule has 11 nitrogen and oxygen atoms in total. The van der Waals surface area contributed by atoms with Gasteiger partial charge in [-0.25, -0.2) is 18.9 Å². The summed E-state index contributed by atoms with van der Waals surface area (Å²) in [6.07, 6.45) is 5.81. The smallest absolute Gasteiger partial charge is 0.361 e. The van der Waals surface area contributed by atoms with E-state index < -0.39 is 21.9 Å². The number of carbonyl (C=O) groups excluding carboxylic acids is 1. The highest BCUT2D eigenvalue weighted by atomic mass is 32.2. The number of nitrogens with one attached hydrogen (secondary N) is 1. The second-order valence-corrected chi connectivity index (χ2v) is 8.96. The zero-order valence-electron chi connectivity index (χ0n) is 15.1. The molecule has 2 saturated carbocycles. The number of nitrogens with zero attached hydrogens (tertiary/aromatic N) is 5. The first-order valence-corrected chi connectivity index (χ1v) is 11.3. The Morgan fingerprint density at radius 3 is 2.79 bits per heavy atom. The van der Waals surface area contributed by atoms with Crippen LogP contribution < -0.4 is 20.0 Å². The largest absolute Gasteiger partial charge is 0.460 e. The Morgan fingerprint density at radius 2 is 2.14 bits per heavy atom. The lowest BCUT2D eigenvalue weighted by Gasteiger charge is -2.03. The molecule has 1 amide bonds. The van der Waals surface area contributed by atoms with Crippen LogP contribution in [-0.4, -0.2) is 39.5 Å². The average Bonchev–Trinajstić information content (AvgIpc) is 3.54. The summed E-state index contributed by atoms with van der Waals surface area (Å²) in [5.41, 5.74) is -0.719. The fourth-order valence-electron chi connectivity index (χ4n) is 2.61. The van der Waals surface area contributed by atoms with E-state index in [9.17, 15) is 18.0 Å². The van der Waals surface area contributed by atoms with Crippen molar-refractivity contribution in [1.29, 1.82) is 0 Å². The highest BCUT2D eigenvalue weighted by molar-refractivity contribution is 7.88. The zero-order chi connectivity index (χ0) is 19.9. The molecule has 0 aromatic carbocycles. The van der Waals surface area contributed by atoms with Gasteiger partial charge in [-0.1, -0.05) is 6.92 Å². The molecular formula is C15H20N6O5S2. The number of rotatable bonds is 7. The highest BCUT2D eigenvalue weighted by Crippen LogP contribution is 2.37. The number of amides is 1. The molecular weight excluding hydrogens is 408 g/mol. The van der Waals surface area contributed by atoms with Crippen LogP contribution in [0.15, 0.2) is 20.8 Å². The third-order valence-corrected chi connectivity index (χ3v) is 5.97. The van der Waals surface area contributed by atoms with Crippen LogP contribution in [0.3, 0.4) is 0 Å². The van der Waals surface area contributed by atoms with Crippen LogP contribution in [-0.2, 0) is 16.8 Å². The maximum atomic E-state index is 12.6. The Kier molecular flexibility index (Phi) is 4.87. The molecule has 0 radical (unpaired) electrons. The molecule has 2 fully saturated rings. The van der Waals surface area contributed by atoms with Crippen molar-refractivity contribution >= 4 is 27.6 Å². The normalized spacial score (nSPS) is 17.7. The molecule has 0 spiro atoms. The Hall–Kier alpha value is -2.41. The lowest BCUT2D eigenvalue weighted by Crippen LogP contribution is -2.40. The molecule has 28 heavy (non-hydrogen) atoms. The van der Waals surface area contributed by atoms with E-state index in [4.69, 9.17) is 4.74 Å². The van der Waals surface area contributed by atoms with Gasteiger partial charge in [-0.05, 0) is 32.1 Å². The molecule has 0 aliphatic heterocycles. The van der Waals surface area contributed by atoms with Crippen molar-refractivity contribution in [3.63, 3.8) is 0 Å². The zero-order valence-corrected chi connectivity index (χ0v) is 16.8. The molecule has 2 aromatic rings. The molecule has 0 atom stereocenters. The second kappa shape index (κ2) is 7.20. The van der Waals surface area contributed by atoms with Gasteiger partial charge in [0.15, 0.2) is 0 Å². The molecule has 1 N–H and O–H groups in total. The van der Waals surface area contributed by atoms with Crippen molar-refractivity contribution in [1.82, 2.24) is 23.6 Å². The lowest BCUT2D eigenvalue weighted by molar-refractivity contribution is 0.241. The summed E-state index contributed by atoms with van der Waals surface area (Å²) in [5, 5.41) is 5.61. The van der Waals surface area contributed by atoms with Crippen LogP contribution in [0.5, 0.6) is 6.01 Å². The van der Waals surface area contributed by atoms with E-state index in [-0.39, 0.29) is 23.0 Å². The van der Waals surface area contributed by atoms with Crippen molar-refractivity contribution in [3.05, 3.63) is 26.9 Å². The van der Waals surface area contributed by atoms with Gasteiger partial charge in [0.05, 0.1) is 0 Å². The number of hydrogen-bond acceptors (Lipinski definition) is 7. The molecule has 152 valence electrons. The SMILES string of the molecule is CCCn1ccs/c1=N/S(=O)(=O)NC(=O)n1nc(OC2CC2)n(C2CC2)c1=O. The molecule has 13 heteroatoms. The van der Waals surface area contributed by atoms with Crippen LogP contribution in [0.1, 0.15) is 45.1 Å². The average molecular weight is 428 g/mol. The van der Waals surface area contributed by atoms with Crippen molar-refractivity contribution in [3.8, 4) is 6.01 Å². The number of thiazole rings is 1. The second-order valence-electron chi connectivity index (χ2n) is 6.75. The Morgan fingerprint density at radius 1 is 1.39 bits per heavy atom. The maximum Gasteiger partial charge on any atom is 0.361 e. The molecule has 2 aliphatic rings. The molecule has 0 saturated heterocycles. The van der Waals surface area contributed by atoms with Crippen LogP contribution in [0.4, 0.5) is 4.79 Å². The van der Waals surface area contributed by atoms with Crippen LogP contribution in [0, 0.1) is 0 Å². The summed E-state index contributed by atoms with van der Waals surface area (Å²) in [4.78, 5) is 25.2. The Bertz CT molecular complexity index is 1120. The summed E-state index contributed by atoms with van der Waals surface area (Å²) < 4.78 is 39.1. The predicted molar refractivity (Wildman–Crippen MR) is 99.4 cm³/mol. The van der Waals surface area contributed by atoms with E-state index in [0.29, 0.717) is 11.2 Å². The minimum absolute atomic E-state index is 0.0117. The summed E-state index contributed by atoms with van der Waals surface area (Å²) >= 11 is 1.13. The van der Waals surface area contributed by atoms with Crippen molar-refractivity contribution in [2.24, 2.45) is 4.40 Å².